The molecule has 9 heteroatoms. The number of hydrogen-bond donors (Lipinski definition) is 2. The van der Waals surface area contributed by atoms with Gasteiger partial charge >= 0.3 is 0 Å². The number of benzene rings is 2. The first-order chi connectivity index (χ1) is 13.8. The van der Waals surface area contributed by atoms with Crippen LogP contribution < -0.4 is 4.72 Å². The molecule has 29 heavy (non-hydrogen) atoms. The normalized spacial score (nSPS) is 14.2. The van der Waals surface area contributed by atoms with E-state index in [2.05, 4.69) is 9.71 Å². The molecule has 152 valence electrons. The molecule has 1 aliphatic heterocycles. The molecule has 0 bridgehead atoms. The van der Waals surface area contributed by atoms with E-state index in [4.69, 9.17) is 23.2 Å². The Balaban J connectivity index is 1.41. The van der Waals surface area contributed by atoms with Gasteiger partial charge in [-0.1, -0.05) is 35.3 Å². The molecule has 3 aromatic rings. The Bertz CT molecular complexity index is 1190. The van der Waals surface area contributed by atoms with Crippen LogP contribution in [0.4, 0.5) is 0 Å². The van der Waals surface area contributed by atoms with Gasteiger partial charge in [-0.15, -0.1) is 0 Å². The van der Waals surface area contributed by atoms with Crippen LogP contribution in [0, 0.1) is 0 Å². The molecule has 6 nitrogen and oxygen atoms in total. The van der Waals surface area contributed by atoms with E-state index in [1.165, 1.54) is 12.1 Å². The molecular weight excluding hydrogens is 433 g/mol. The Hall–Kier alpha value is -2.06. The summed E-state index contributed by atoms with van der Waals surface area (Å²) in [7, 11) is -3.76. The summed E-state index contributed by atoms with van der Waals surface area (Å²) in [6.45, 7) is 1.07. The van der Waals surface area contributed by atoms with Crippen LogP contribution >= 0.6 is 23.2 Å². The molecule has 0 atom stereocenters. The summed E-state index contributed by atoms with van der Waals surface area (Å²) in [5, 5.41) is 1.81. The third kappa shape index (κ3) is 4.14. The minimum absolute atomic E-state index is 0.00685. The number of hydrogen-bond acceptors (Lipinski definition) is 3. The van der Waals surface area contributed by atoms with Crippen molar-refractivity contribution in [2.45, 2.75) is 24.3 Å². The number of carbonyl (C=O) groups excluding carboxylic acids is 1. The Morgan fingerprint density at radius 1 is 1.17 bits per heavy atom. The van der Waals surface area contributed by atoms with E-state index in [0.717, 1.165) is 28.6 Å². The molecule has 2 N–H and O–H groups in total. The first-order valence-electron chi connectivity index (χ1n) is 9.16. The van der Waals surface area contributed by atoms with Crippen LogP contribution in [0.15, 0.2) is 47.4 Å². The van der Waals surface area contributed by atoms with Crippen LogP contribution in [0.25, 0.3) is 10.9 Å². The predicted molar refractivity (Wildman–Crippen MR) is 114 cm³/mol. The highest BCUT2D eigenvalue weighted by atomic mass is 35.5. The predicted octanol–water partition coefficient (Wildman–Crippen LogP) is 3.73. The van der Waals surface area contributed by atoms with Gasteiger partial charge in [0.25, 0.3) is 0 Å². The lowest BCUT2D eigenvalue weighted by Crippen LogP contribution is -2.37. The van der Waals surface area contributed by atoms with Crippen molar-refractivity contribution in [3.63, 3.8) is 0 Å². The van der Waals surface area contributed by atoms with Gasteiger partial charge in [0.2, 0.25) is 15.9 Å². The second kappa shape index (κ2) is 7.99. The molecule has 1 aromatic heterocycles. The van der Waals surface area contributed by atoms with Gasteiger partial charge in [0.1, 0.15) is 4.90 Å². The third-order valence-electron chi connectivity index (χ3n) is 5.05. The summed E-state index contributed by atoms with van der Waals surface area (Å²) in [6, 6.07) is 11.9. The van der Waals surface area contributed by atoms with Gasteiger partial charge in [-0.25, -0.2) is 13.1 Å². The molecule has 0 aliphatic carbocycles. The Kier molecular flexibility index (Phi) is 5.57. The van der Waals surface area contributed by atoms with E-state index in [9.17, 15) is 13.2 Å². The fourth-order valence-electron chi connectivity index (χ4n) is 3.59. The minimum atomic E-state index is -3.76. The molecule has 0 fully saturated rings. The van der Waals surface area contributed by atoms with Crippen LogP contribution in [-0.4, -0.2) is 37.3 Å². The van der Waals surface area contributed by atoms with Crippen molar-refractivity contribution in [2.75, 3.05) is 13.1 Å². The van der Waals surface area contributed by atoms with Crippen molar-refractivity contribution in [2.24, 2.45) is 0 Å². The molecule has 0 radical (unpaired) electrons. The zero-order valence-electron chi connectivity index (χ0n) is 15.4. The van der Waals surface area contributed by atoms with Gasteiger partial charge in [0.05, 0.1) is 5.02 Å². The zero-order valence-corrected chi connectivity index (χ0v) is 17.7. The van der Waals surface area contributed by atoms with Crippen molar-refractivity contribution in [3.05, 3.63) is 63.8 Å². The van der Waals surface area contributed by atoms with Gasteiger partial charge in [0.15, 0.2) is 0 Å². The molecule has 2 heterocycles. The quantitative estimate of drug-likeness (QED) is 0.619. The minimum Gasteiger partial charge on any atom is -0.358 e. The molecule has 2 aromatic carbocycles. The van der Waals surface area contributed by atoms with Crippen molar-refractivity contribution in [1.82, 2.24) is 14.6 Å². The number of aromatic amines is 1. The van der Waals surface area contributed by atoms with Gasteiger partial charge in [-0.3, -0.25) is 4.79 Å². The topological polar surface area (TPSA) is 82.3 Å². The molecule has 0 saturated carbocycles. The first-order valence-corrected chi connectivity index (χ1v) is 11.4. The third-order valence-corrected chi connectivity index (χ3v) is 7.24. The average Bonchev–Trinajstić information content (AvgIpc) is 3.05. The van der Waals surface area contributed by atoms with Crippen molar-refractivity contribution >= 4 is 50.0 Å². The summed E-state index contributed by atoms with van der Waals surface area (Å²) in [5.41, 5.74) is 3.19. The highest BCUT2D eigenvalue weighted by Gasteiger charge is 2.24. The summed E-state index contributed by atoms with van der Waals surface area (Å²) >= 11 is 12.1. The van der Waals surface area contributed by atoms with Gasteiger partial charge < -0.3 is 9.88 Å². The molecule has 4 rings (SSSR count). The van der Waals surface area contributed by atoms with E-state index in [0.29, 0.717) is 18.1 Å². The molecule has 0 saturated heterocycles. The molecular formula is C20H19Cl2N3O3S. The van der Waals surface area contributed by atoms with E-state index in [1.807, 2.05) is 18.2 Å². The van der Waals surface area contributed by atoms with Crippen LogP contribution in [0.1, 0.15) is 17.7 Å². The van der Waals surface area contributed by atoms with Crippen molar-refractivity contribution in [1.29, 1.82) is 0 Å². The molecule has 1 aliphatic rings. The summed E-state index contributed by atoms with van der Waals surface area (Å²) in [4.78, 5) is 17.8. The number of sulfonamides is 1. The number of fused-ring (bicyclic) bond motifs is 3. The van der Waals surface area contributed by atoms with E-state index >= 15 is 0 Å². The smallest absolute Gasteiger partial charge is 0.242 e. The van der Waals surface area contributed by atoms with E-state index in [-0.39, 0.29) is 28.8 Å². The Morgan fingerprint density at radius 3 is 2.76 bits per heavy atom. The molecule has 0 spiro atoms. The lowest BCUT2D eigenvalue weighted by molar-refractivity contribution is -0.131. The highest BCUT2D eigenvalue weighted by Crippen LogP contribution is 2.30. The van der Waals surface area contributed by atoms with E-state index < -0.39 is 10.0 Å². The van der Waals surface area contributed by atoms with Crippen LogP contribution in [0.2, 0.25) is 10.0 Å². The Labute approximate surface area is 178 Å². The number of nitrogens with zero attached hydrogens (tertiary/aromatic N) is 1. The molecule has 1 amide bonds. The SMILES string of the molecule is O=C(CCNS(=O)(=O)c1ccccc1Cl)N1CCc2[nH]c3ccc(Cl)cc3c2C1. The lowest BCUT2D eigenvalue weighted by Gasteiger charge is -2.27. The average molecular weight is 452 g/mol. The monoisotopic (exact) mass is 451 g/mol. The van der Waals surface area contributed by atoms with E-state index in [1.54, 1.807) is 17.0 Å². The fraction of sp³-hybridized carbons (Fsp3) is 0.250. The van der Waals surface area contributed by atoms with Crippen LogP contribution in [0.5, 0.6) is 0 Å². The van der Waals surface area contributed by atoms with Crippen LogP contribution in [-0.2, 0) is 27.8 Å². The van der Waals surface area contributed by atoms with Crippen LogP contribution in [0.3, 0.4) is 0 Å². The van der Waals surface area contributed by atoms with Gasteiger partial charge in [-0.2, -0.15) is 0 Å². The largest absolute Gasteiger partial charge is 0.358 e. The lowest BCUT2D eigenvalue weighted by atomic mass is 10.0. The fourth-order valence-corrected chi connectivity index (χ4v) is 5.31. The number of rotatable bonds is 5. The highest BCUT2D eigenvalue weighted by molar-refractivity contribution is 7.89. The Morgan fingerprint density at radius 2 is 1.97 bits per heavy atom. The number of halogens is 2. The standard InChI is InChI=1S/C20H19Cl2N3O3S/c21-13-5-6-17-14(11-13)15-12-25(10-8-18(15)24-17)20(26)7-9-23-29(27,28)19-4-2-1-3-16(19)22/h1-6,11,23-24H,7-10,12H2. The number of H-pyrrole nitrogens is 1. The number of amides is 1. The first kappa shape index (κ1) is 20.2. The van der Waals surface area contributed by atoms with Crippen molar-refractivity contribution < 1.29 is 13.2 Å². The number of aromatic nitrogens is 1. The summed E-state index contributed by atoms with van der Waals surface area (Å²) in [6.07, 6.45) is 0.793. The number of nitrogens with one attached hydrogen (secondary N) is 2. The van der Waals surface area contributed by atoms with Crippen molar-refractivity contribution in [3.8, 4) is 0 Å². The molecule has 0 unspecified atom stereocenters. The second-order valence-electron chi connectivity index (χ2n) is 6.92. The maximum Gasteiger partial charge on any atom is 0.242 e. The second-order valence-corrected chi connectivity index (χ2v) is 9.49. The summed E-state index contributed by atoms with van der Waals surface area (Å²) in [5.74, 6) is -0.103. The maximum absolute atomic E-state index is 12.7. The van der Waals surface area contributed by atoms with Gasteiger partial charge in [-0.05, 0) is 30.3 Å². The summed E-state index contributed by atoms with van der Waals surface area (Å²) < 4.78 is 27.2. The van der Waals surface area contributed by atoms with Gasteiger partial charge in [0, 0.05) is 59.7 Å². The zero-order chi connectivity index (χ0) is 20.6. The maximum atomic E-state index is 12.7. The number of carbonyl (C=O) groups is 1.